The Hall–Kier alpha value is -3.36. The van der Waals surface area contributed by atoms with Crippen molar-refractivity contribution in [3.8, 4) is 0 Å². The van der Waals surface area contributed by atoms with E-state index in [4.69, 9.17) is 11.6 Å². The molecule has 2 N–H and O–H groups in total. The van der Waals surface area contributed by atoms with E-state index in [9.17, 15) is 8.78 Å². The third-order valence-corrected chi connectivity index (χ3v) is 6.58. The molecule has 0 bridgehead atoms. The summed E-state index contributed by atoms with van der Waals surface area (Å²) in [6.07, 6.45) is 5.40. The minimum absolute atomic E-state index is 0.172. The van der Waals surface area contributed by atoms with Gasteiger partial charge in [0.2, 0.25) is 5.52 Å². The number of nitrogens with one attached hydrogen (secondary N) is 2. The Balaban J connectivity index is 1.34. The molecule has 0 radical (unpaired) electrons. The van der Waals surface area contributed by atoms with Crippen LogP contribution in [0.4, 0.5) is 14.6 Å². The molecule has 0 saturated carbocycles. The maximum absolute atomic E-state index is 13.5. The number of anilines is 1. The molecule has 4 aromatic rings. The van der Waals surface area contributed by atoms with Crippen molar-refractivity contribution >= 4 is 28.6 Å². The van der Waals surface area contributed by atoms with E-state index < -0.39 is 0 Å². The molecule has 9 heteroatoms. The van der Waals surface area contributed by atoms with Crippen LogP contribution in [-0.4, -0.2) is 34.1 Å². The third kappa shape index (κ3) is 5.04. The van der Waals surface area contributed by atoms with Crippen molar-refractivity contribution < 1.29 is 13.3 Å². The Morgan fingerprint density at radius 3 is 2.23 bits per heavy atom. The molecule has 5 rings (SSSR count). The molecular weight excluding hydrogens is 470 g/mol. The minimum Gasteiger partial charge on any atom is -0.353 e. The number of nitrogens with zero attached hydrogens (tertiary/aromatic N) is 4. The van der Waals surface area contributed by atoms with E-state index in [2.05, 4.69) is 31.7 Å². The Morgan fingerprint density at radius 2 is 1.66 bits per heavy atom. The van der Waals surface area contributed by atoms with E-state index >= 15 is 0 Å². The van der Waals surface area contributed by atoms with Crippen LogP contribution in [0.25, 0.3) is 11.2 Å². The molecule has 180 valence electrons. The van der Waals surface area contributed by atoms with E-state index in [0.29, 0.717) is 6.54 Å². The largest absolute Gasteiger partial charge is 0.353 e. The molecule has 2 aromatic carbocycles. The number of H-pyrrole nitrogens is 1. The minimum atomic E-state index is -0.284. The Kier molecular flexibility index (Phi) is 6.74. The maximum atomic E-state index is 13.5. The normalized spacial score (nSPS) is 14.7. The van der Waals surface area contributed by atoms with Crippen molar-refractivity contribution in [2.24, 2.45) is 0 Å². The van der Waals surface area contributed by atoms with Gasteiger partial charge in [-0.05, 0) is 59.8 Å². The van der Waals surface area contributed by atoms with Crippen LogP contribution in [-0.2, 0) is 6.54 Å². The summed E-state index contributed by atoms with van der Waals surface area (Å²) in [5.41, 5.74) is 3.46. The molecule has 3 heterocycles. The van der Waals surface area contributed by atoms with Crippen LogP contribution >= 0.6 is 11.6 Å². The number of rotatable bonds is 7. The van der Waals surface area contributed by atoms with Gasteiger partial charge in [-0.2, -0.15) is 4.98 Å². The summed E-state index contributed by atoms with van der Waals surface area (Å²) >= 11 is 6.26. The van der Waals surface area contributed by atoms with Gasteiger partial charge in [0.1, 0.15) is 11.6 Å². The number of fused-ring (bicyclic) bond motifs is 1. The van der Waals surface area contributed by atoms with Gasteiger partial charge in [0, 0.05) is 19.1 Å². The molecule has 1 saturated heterocycles. The SMILES string of the molecule is C=CC[n+]1c[nH]c2c(N3CCC(NC(c4ccc(F)cc4)c4ccc(F)cc4)CC3)nc(Cl)nc21. The molecule has 1 aliphatic rings. The Morgan fingerprint density at radius 1 is 1.06 bits per heavy atom. The lowest BCUT2D eigenvalue weighted by molar-refractivity contribution is -0.662. The summed E-state index contributed by atoms with van der Waals surface area (Å²) in [7, 11) is 0. The average molecular weight is 496 g/mol. The van der Waals surface area contributed by atoms with Crippen LogP contribution in [0.1, 0.15) is 30.0 Å². The maximum Gasteiger partial charge on any atom is 0.309 e. The number of hydrogen-bond donors (Lipinski definition) is 2. The average Bonchev–Trinajstić information content (AvgIpc) is 3.26. The number of halogens is 3. The highest BCUT2D eigenvalue weighted by atomic mass is 35.5. The van der Waals surface area contributed by atoms with Crippen LogP contribution in [0.3, 0.4) is 0 Å². The molecule has 1 fully saturated rings. The fraction of sp³-hybridized carbons (Fsp3) is 0.269. The summed E-state index contributed by atoms with van der Waals surface area (Å²) in [5, 5.41) is 3.92. The van der Waals surface area contributed by atoms with Crippen molar-refractivity contribution in [2.75, 3.05) is 18.0 Å². The van der Waals surface area contributed by atoms with Crippen LogP contribution in [0.2, 0.25) is 5.28 Å². The predicted octanol–water partition coefficient (Wildman–Crippen LogP) is 4.71. The molecule has 2 aromatic heterocycles. The monoisotopic (exact) mass is 495 g/mol. The summed E-state index contributed by atoms with van der Waals surface area (Å²) in [6, 6.07) is 12.9. The lowest BCUT2D eigenvalue weighted by atomic mass is 9.95. The van der Waals surface area contributed by atoms with E-state index in [1.165, 1.54) is 24.3 Å². The van der Waals surface area contributed by atoms with Crippen LogP contribution < -0.4 is 14.8 Å². The molecule has 0 unspecified atom stereocenters. The van der Waals surface area contributed by atoms with Crippen molar-refractivity contribution in [2.45, 2.75) is 31.5 Å². The lowest BCUT2D eigenvalue weighted by Crippen LogP contribution is -2.44. The van der Waals surface area contributed by atoms with Crippen molar-refractivity contribution in [3.63, 3.8) is 0 Å². The first-order valence-corrected chi connectivity index (χ1v) is 12.0. The zero-order valence-corrected chi connectivity index (χ0v) is 19.8. The zero-order chi connectivity index (χ0) is 24.4. The van der Waals surface area contributed by atoms with Crippen LogP contribution in [0.15, 0.2) is 67.5 Å². The van der Waals surface area contributed by atoms with Crippen molar-refractivity contribution in [3.05, 3.63) is 95.6 Å². The van der Waals surface area contributed by atoms with Crippen molar-refractivity contribution in [1.82, 2.24) is 20.3 Å². The standard InChI is InChI=1S/C26H25ClF2N6/c1-2-13-35-16-30-23-24(32-26(27)33-25(23)35)34-14-11-21(12-15-34)31-22(17-3-7-19(28)8-4-17)18-5-9-20(29)10-6-18/h2-10,16,21-22,31H,1,11-15H2/p+1. The van der Waals surface area contributed by atoms with Gasteiger partial charge in [0.15, 0.2) is 12.1 Å². The van der Waals surface area contributed by atoms with Gasteiger partial charge in [0.05, 0.1) is 12.6 Å². The van der Waals surface area contributed by atoms with E-state index in [1.807, 2.05) is 10.9 Å². The molecule has 0 atom stereocenters. The predicted molar refractivity (Wildman–Crippen MR) is 132 cm³/mol. The molecule has 0 aliphatic carbocycles. The van der Waals surface area contributed by atoms with Crippen LogP contribution in [0, 0.1) is 11.6 Å². The van der Waals surface area contributed by atoms with Gasteiger partial charge >= 0.3 is 10.9 Å². The smallest absolute Gasteiger partial charge is 0.309 e. The topological polar surface area (TPSA) is 60.7 Å². The van der Waals surface area contributed by atoms with Crippen LogP contribution in [0.5, 0.6) is 0 Å². The zero-order valence-electron chi connectivity index (χ0n) is 19.1. The van der Waals surface area contributed by atoms with Crippen molar-refractivity contribution in [1.29, 1.82) is 0 Å². The van der Waals surface area contributed by atoms with Gasteiger partial charge in [-0.1, -0.05) is 41.9 Å². The highest BCUT2D eigenvalue weighted by Gasteiger charge is 2.28. The molecule has 6 nitrogen and oxygen atoms in total. The van der Waals surface area contributed by atoms with E-state index in [1.54, 1.807) is 30.3 Å². The highest BCUT2D eigenvalue weighted by Crippen LogP contribution is 2.28. The second-order valence-electron chi connectivity index (χ2n) is 8.69. The van der Waals surface area contributed by atoms with E-state index in [0.717, 1.165) is 54.0 Å². The highest BCUT2D eigenvalue weighted by molar-refractivity contribution is 6.28. The first-order chi connectivity index (χ1) is 17.0. The van der Waals surface area contributed by atoms with Gasteiger partial charge in [-0.25, -0.2) is 13.3 Å². The second kappa shape index (κ2) is 10.1. The first kappa shape index (κ1) is 23.4. The fourth-order valence-corrected chi connectivity index (χ4v) is 4.81. The number of imidazole rings is 1. The quantitative estimate of drug-likeness (QED) is 0.221. The van der Waals surface area contributed by atoms with Gasteiger partial charge < -0.3 is 10.2 Å². The number of aromatic amines is 1. The Bertz CT molecular complexity index is 1270. The summed E-state index contributed by atoms with van der Waals surface area (Å²) in [4.78, 5) is 14.4. The first-order valence-electron chi connectivity index (χ1n) is 11.6. The molecule has 0 spiro atoms. The van der Waals surface area contributed by atoms with Gasteiger partial charge in [-0.3, -0.25) is 4.98 Å². The second-order valence-corrected chi connectivity index (χ2v) is 9.03. The molecule has 35 heavy (non-hydrogen) atoms. The summed E-state index contributed by atoms with van der Waals surface area (Å²) < 4.78 is 29.0. The number of allylic oxidation sites excluding steroid dienone is 1. The third-order valence-electron chi connectivity index (χ3n) is 6.41. The number of piperidine rings is 1. The molecule has 0 amide bonds. The fourth-order valence-electron chi connectivity index (χ4n) is 4.65. The Labute approximate surface area is 207 Å². The summed E-state index contributed by atoms with van der Waals surface area (Å²) in [6.45, 7) is 5.97. The number of hydrogen-bond acceptors (Lipinski definition) is 4. The number of aromatic nitrogens is 4. The number of benzene rings is 2. The van der Waals surface area contributed by atoms with Gasteiger partial charge in [0.25, 0.3) is 0 Å². The van der Waals surface area contributed by atoms with Gasteiger partial charge in [-0.15, -0.1) is 0 Å². The summed E-state index contributed by atoms with van der Waals surface area (Å²) in [5.74, 6) is 0.219. The molecular formula is C26H26ClF2N6+. The molecule has 1 aliphatic heterocycles. The lowest BCUT2D eigenvalue weighted by Gasteiger charge is -2.35. The van der Waals surface area contributed by atoms with E-state index in [-0.39, 0.29) is 29.0 Å².